The Labute approximate surface area is 153 Å². The minimum absolute atomic E-state index is 0.0803. The van der Waals surface area contributed by atoms with Gasteiger partial charge in [0.1, 0.15) is 44.2 Å². The van der Waals surface area contributed by atoms with E-state index in [-0.39, 0.29) is 5.41 Å². The molecular formula is C21H36NO3+. The summed E-state index contributed by atoms with van der Waals surface area (Å²) in [4.78, 5) is 1.57. The molecule has 1 N–H and O–H groups in total. The number of benzene rings is 1. The topological polar surface area (TPSA) is 32.1 Å². The molecule has 142 valence electrons. The second-order valence-electron chi connectivity index (χ2n) is 8.38. The average Bonchev–Trinajstić information content (AvgIpc) is 2.48. The highest BCUT2D eigenvalue weighted by atomic mass is 16.5. The van der Waals surface area contributed by atoms with Crippen molar-refractivity contribution in [2.75, 3.05) is 39.5 Å². The van der Waals surface area contributed by atoms with Gasteiger partial charge in [-0.15, -0.1) is 0 Å². The van der Waals surface area contributed by atoms with Crippen LogP contribution in [0.4, 0.5) is 0 Å². The van der Waals surface area contributed by atoms with E-state index in [1.54, 1.807) is 4.90 Å². The van der Waals surface area contributed by atoms with Crippen LogP contribution in [0.3, 0.4) is 0 Å². The number of hydrogen-bond acceptors (Lipinski definition) is 3. The van der Waals surface area contributed by atoms with Gasteiger partial charge < -0.3 is 19.1 Å². The number of quaternary nitrogens is 1. The van der Waals surface area contributed by atoms with Crippen LogP contribution in [0.5, 0.6) is 5.75 Å². The van der Waals surface area contributed by atoms with Crippen molar-refractivity contribution >= 4 is 0 Å². The lowest BCUT2D eigenvalue weighted by atomic mass is 9.86. The zero-order valence-corrected chi connectivity index (χ0v) is 16.9. The largest absolute Gasteiger partial charge is 0.491 e. The van der Waals surface area contributed by atoms with Crippen molar-refractivity contribution in [3.63, 3.8) is 0 Å². The fraction of sp³-hybridized carbons (Fsp3) is 0.714. The Bertz CT molecular complexity index is 528. The molecule has 1 saturated heterocycles. The van der Waals surface area contributed by atoms with E-state index in [0.717, 1.165) is 32.0 Å². The molecule has 0 saturated carbocycles. The first-order valence-corrected chi connectivity index (χ1v) is 9.56. The molecule has 1 heterocycles. The Kier molecular flexibility index (Phi) is 7.29. The molecule has 1 aliphatic rings. The summed E-state index contributed by atoms with van der Waals surface area (Å²) in [7, 11) is 0. The van der Waals surface area contributed by atoms with Gasteiger partial charge in [-0.05, 0) is 43.4 Å². The van der Waals surface area contributed by atoms with E-state index in [0.29, 0.717) is 25.4 Å². The molecule has 25 heavy (non-hydrogen) atoms. The third-order valence-corrected chi connectivity index (χ3v) is 4.65. The Morgan fingerprint density at radius 1 is 1.08 bits per heavy atom. The average molecular weight is 351 g/mol. The summed E-state index contributed by atoms with van der Waals surface area (Å²) < 4.78 is 17.6. The van der Waals surface area contributed by atoms with E-state index < -0.39 is 0 Å². The van der Waals surface area contributed by atoms with Crippen LogP contribution in [0.2, 0.25) is 0 Å². The maximum atomic E-state index is 6.02. The van der Waals surface area contributed by atoms with E-state index in [4.69, 9.17) is 14.2 Å². The van der Waals surface area contributed by atoms with Crippen molar-refractivity contribution in [3.05, 3.63) is 29.3 Å². The van der Waals surface area contributed by atoms with Crippen molar-refractivity contribution in [2.45, 2.75) is 59.2 Å². The Morgan fingerprint density at radius 2 is 1.76 bits per heavy atom. The molecule has 1 aromatic rings. The predicted molar refractivity (Wildman–Crippen MR) is 102 cm³/mol. The van der Waals surface area contributed by atoms with Crippen LogP contribution >= 0.6 is 0 Å². The molecule has 0 aromatic heterocycles. The Hall–Kier alpha value is -1.10. The van der Waals surface area contributed by atoms with Crippen molar-refractivity contribution in [1.82, 2.24) is 0 Å². The lowest BCUT2D eigenvalue weighted by Gasteiger charge is -2.32. The second kappa shape index (κ2) is 9.02. The molecule has 0 bridgehead atoms. The number of aryl methyl sites for hydroxylation is 1. The first-order valence-electron chi connectivity index (χ1n) is 9.56. The molecule has 2 atom stereocenters. The van der Waals surface area contributed by atoms with Gasteiger partial charge in [0.05, 0.1) is 13.2 Å². The number of nitrogens with one attached hydrogen (secondary N) is 1. The molecule has 4 nitrogen and oxygen atoms in total. The van der Waals surface area contributed by atoms with Crippen LogP contribution < -0.4 is 9.64 Å². The van der Waals surface area contributed by atoms with Crippen molar-refractivity contribution < 1.29 is 19.1 Å². The molecule has 0 radical (unpaired) electrons. The van der Waals surface area contributed by atoms with Crippen molar-refractivity contribution in [3.8, 4) is 5.75 Å². The monoisotopic (exact) mass is 350 g/mol. The minimum atomic E-state index is 0.0803. The first kappa shape index (κ1) is 20.2. The molecule has 2 rings (SSSR count). The van der Waals surface area contributed by atoms with Gasteiger partial charge in [0, 0.05) is 0 Å². The molecule has 1 fully saturated rings. The fourth-order valence-electron chi connectivity index (χ4n) is 3.49. The lowest BCUT2D eigenvalue weighted by Crippen LogP contribution is -3.15. The van der Waals surface area contributed by atoms with Crippen LogP contribution in [-0.2, 0) is 14.9 Å². The van der Waals surface area contributed by atoms with E-state index in [2.05, 4.69) is 59.7 Å². The highest BCUT2D eigenvalue weighted by molar-refractivity contribution is 5.41. The van der Waals surface area contributed by atoms with Gasteiger partial charge >= 0.3 is 0 Å². The van der Waals surface area contributed by atoms with Crippen LogP contribution in [0.25, 0.3) is 0 Å². The molecule has 0 unspecified atom stereocenters. The molecular weight excluding hydrogens is 314 g/mol. The van der Waals surface area contributed by atoms with Crippen LogP contribution in [0.1, 0.15) is 45.7 Å². The number of ether oxygens (including phenoxy) is 3. The van der Waals surface area contributed by atoms with Gasteiger partial charge in [0.25, 0.3) is 0 Å². The molecule has 0 spiro atoms. The lowest BCUT2D eigenvalue weighted by molar-refractivity contribution is -0.915. The summed E-state index contributed by atoms with van der Waals surface area (Å²) in [6.45, 7) is 18.2. The number of hydrogen-bond donors (Lipinski definition) is 1. The summed E-state index contributed by atoms with van der Waals surface area (Å²) in [6.07, 6.45) is 0.693. The second-order valence-corrected chi connectivity index (χ2v) is 8.38. The highest BCUT2D eigenvalue weighted by Gasteiger charge is 2.25. The standard InChI is InChI=1S/C21H35NO3/c1-16-7-8-19(21(4,5)6)20(13-16)24-12-11-23-10-9-22-14-17(2)25-18(3)15-22/h7-8,13,17-18H,9-12,14-15H2,1-6H3/p+1/t17-,18-/m0/s1. The van der Waals surface area contributed by atoms with Gasteiger partial charge in [0.2, 0.25) is 0 Å². The van der Waals surface area contributed by atoms with Gasteiger partial charge in [-0.25, -0.2) is 0 Å². The number of rotatable bonds is 7. The fourth-order valence-corrected chi connectivity index (χ4v) is 3.49. The third-order valence-electron chi connectivity index (χ3n) is 4.65. The summed E-state index contributed by atoms with van der Waals surface area (Å²) in [5.74, 6) is 0.984. The highest BCUT2D eigenvalue weighted by Crippen LogP contribution is 2.31. The van der Waals surface area contributed by atoms with Crippen molar-refractivity contribution in [1.29, 1.82) is 0 Å². The van der Waals surface area contributed by atoms with Crippen LogP contribution in [0.15, 0.2) is 18.2 Å². The Morgan fingerprint density at radius 3 is 2.40 bits per heavy atom. The van der Waals surface area contributed by atoms with Gasteiger partial charge in [-0.3, -0.25) is 0 Å². The van der Waals surface area contributed by atoms with E-state index in [1.165, 1.54) is 11.1 Å². The normalized spacial score (nSPS) is 24.3. The minimum Gasteiger partial charge on any atom is -0.491 e. The van der Waals surface area contributed by atoms with Gasteiger partial charge in [-0.2, -0.15) is 0 Å². The van der Waals surface area contributed by atoms with Gasteiger partial charge in [0.15, 0.2) is 0 Å². The quantitative estimate of drug-likeness (QED) is 0.767. The van der Waals surface area contributed by atoms with E-state index >= 15 is 0 Å². The van der Waals surface area contributed by atoms with E-state index in [1.807, 2.05) is 0 Å². The molecule has 1 aliphatic heterocycles. The summed E-state index contributed by atoms with van der Waals surface area (Å²) in [5.41, 5.74) is 2.55. The van der Waals surface area contributed by atoms with Gasteiger partial charge in [-0.1, -0.05) is 32.9 Å². The smallest absolute Gasteiger partial charge is 0.123 e. The third kappa shape index (κ3) is 6.61. The van der Waals surface area contributed by atoms with Crippen LogP contribution in [-0.4, -0.2) is 51.7 Å². The summed E-state index contributed by atoms with van der Waals surface area (Å²) >= 11 is 0. The maximum Gasteiger partial charge on any atom is 0.123 e. The Balaban J connectivity index is 1.70. The molecule has 4 heteroatoms. The SMILES string of the molecule is Cc1ccc(C(C)(C)C)c(OCCOCC[NH+]2C[C@H](C)O[C@@H](C)C2)c1. The zero-order valence-electron chi connectivity index (χ0n) is 16.9. The first-order chi connectivity index (χ1) is 11.8. The molecule has 0 aliphatic carbocycles. The van der Waals surface area contributed by atoms with Crippen molar-refractivity contribution in [2.24, 2.45) is 0 Å². The molecule has 0 amide bonds. The summed E-state index contributed by atoms with van der Waals surface area (Å²) in [5, 5.41) is 0. The maximum absolute atomic E-state index is 6.02. The van der Waals surface area contributed by atoms with Crippen LogP contribution in [0, 0.1) is 6.92 Å². The molecule has 1 aromatic carbocycles. The number of morpholine rings is 1. The predicted octanol–water partition coefficient (Wildman–Crippen LogP) is 2.38. The zero-order chi connectivity index (χ0) is 18.4. The van der Waals surface area contributed by atoms with E-state index in [9.17, 15) is 0 Å². The summed E-state index contributed by atoms with van der Waals surface area (Å²) in [6, 6.07) is 6.45.